The van der Waals surface area contributed by atoms with Crippen LogP contribution in [0.3, 0.4) is 0 Å². The number of fused-ring (bicyclic) bond motifs is 2. The summed E-state index contributed by atoms with van der Waals surface area (Å²) in [7, 11) is 0.276. The fourth-order valence-corrected chi connectivity index (χ4v) is 9.96. The summed E-state index contributed by atoms with van der Waals surface area (Å²) >= 11 is 0. The smallest absolute Gasteiger partial charge is 0.158 e. The van der Waals surface area contributed by atoms with Gasteiger partial charge in [0.05, 0.1) is 0 Å². The zero-order chi connectivity index (χ0) is 37.6. The molecule has 0 saturated carbocycles. The Morgan fingerprint density at radius 1 is 0.547 bits per heavy atom. The van der Waals surface area contributed by atoms with Crippen molar-refractivity contribution in [3.05, 3.63) is 105 Å². The molecule has 0 fully saturated rings. The van der Waals surface area contributed by atoms with Gasteiger partial charge >= 0.3 is 0 Å². The Kier molecular flexibility index (Phi) is 13.2. The molecule has 2 aliphatic carbocycles. The first-order chi connectivity index (χ1) is 25.5. The van der Waals surface area contributed by atoms with Crippen LogP contribution in [-0.2, 0) is 25.7 Å². The Morgan fingerprint density at radius 3 is 1.45 bits per heavy atom. The quantitative estimate of drug-likeness (QED) is 0.107. The maximum Gasteiger partial charge on any atom is 0.158 e. The van der Waals surface area contributed by atoms with Crippen LogP contribution in [0.25, 0.3) is 11.1 Å². The summed E-state index contributed by atoms with van der Waals surface area (Å²) in [5.74, 6) is 3.96. The second-order valence-corrected chi connectivity index (χ2v) is 19.0. The molecule has 0 aromatic heterocycles. The Hall–Kier alpha value is -3.06. The fraction of sp³-hybridized carbons (Fsp3) is 0.489. The van der Waals surface area contributed by atoms with Crippen molar-refractivity contribution in [2.75, 3.05) is 0 Å². The highest BCUT2D eigenvalue weighted by molar-refractivity contribution is 7.34. The Morgan fingerprint density at radius 2 is 1.00 bits per heavy atom. The van der Waals surface area contributed by atoms with E-state index in [1.807, 2.05) is 0 Å². The maximum atomic E-state index is 7.21. The highest BCUT2D eigenvalue weighted by atomic mass is 31.1. The van der Waals surface area contributed by atoms with Gasteiger partial charge < -0.3 is 18.5 Å². The molecule has 4 aromatic carbocycles. The monoisotopic (exact) mass is 752 g/mol. The van der Waals surface area contributed by atoms with Crippen LogP contribution in [0.4, 0.5) is 0 Å². The van der Waals surface area contributed by atoms with Crippen LogP contribution >= 0.6 is 17.6 Å². The summed E-state index contributed by atoms with van der Waals surface area (Å²) in [6.07, 6.45) is 14.1. The molecular formula is C47H62O4P2. The average Bonchev–Trinajstić information content (AvgIpc) is 3.15. The molecule has 0 saturated heterocycles. The normalized spacial score (nSPS) is 16.6. The third-order valence-corrected chi connectivity index (χ3v) is 13.3. The van der Waals surface area contributed by atoms with E-state index in [-0.39, 0.29) is 17.6 Å². The van der Waals surface area contributed by atoms with Gasteiger partial charge in [-0.25, -0.2) is 0 Å². The molecule has 6 heteroatoms. The summed E-state index contributed by atoms with van der Waals surface area (Å²) in [6.45, 7) is 17.5. The summed E-state index contributed by atoms with van der Waals surface area (Å²) in [6, 6.07) is 22.3. The molecule has 2 aliphatic rings. The van der Waals surface area contributed by atoms with Gasteiger partial charge in [0.1, 0.15) is 40.6 Å². The molecular weight excluding hydrogens is 690 g/mol. The molecule has 0 aliphatic heterocycles. The van der Waals surface area contributed by atoms with Crippen molar-refractivity contribution in [3.8, 4) is 34.1 Å². The molecule has 0 N–H and O–H groups in total. The van der Waals surface area contributed by atoms with Crippen LogP contribution in [0.1, 0.15) is 130 Å². The summed E-state index contributed by atoms with van der Waals surface area (Å²) in [4.78, 5) is 0. The molecule has 6 rings (SSSR count). The first-order valence-corrected chi connectivity index (χ1v) is 22.0. The number of unbranched alkanes of at least 4 members (excludes halogenated alkanes) is 1. The molecule has 4 aromatic rings. The van der Waals surface area contributed by atoms with E-state index in [4.69, 9.17) is 18.5 Å². The average molecular weight is 753 g/mol. The minimum absolute atomic E-state index is 0.137. The fourth-order valence-electron chi connectivity index (χ4n) is 7.92. The van der Waals surface area contributed by atoms with E-state index in [1.54, 1.807) is 0 Å². The predicted octanol–water partition coefficient (Wildman–Crippen LogP) is 13.9. The molecule has 284 valence electrons. The topological polar surface area (TPSA) is 36.9 Å². The van der Waals surface area contributed by atoms with E-state index in [2.05, 4.69) is 116 Å². The molecule has 0 spiro atoms. The van der Waals surface area contributed by atoms with Gasteiger partial charge in [0, 0.05) is 11.1 Å². The second-order valence-electron chi connectivity index (χ2n) is 16.0. The van der Waals surface area contributed by atoms with E-state index in [0.717, 1.165) is 103 Å². The molecule has 4 atom stereocenters. The number of ether oxygens (including phenoxy) is 2. The highest BCUT2D eigenvalue weighted by Gasteiger charge is 2.33. The molecule has 0 bridgehead atoms. The van der Waals surface area contributed by atoms with Crippen molar-refractivity contribution in [1.82, 2.24) is 0 Å². The van der Waals surface area contributed by atoms with Gasteiger partial charge in [-0.1, -0.05) is 75.2 Å². The van der Waals surface area contributed by atoms with Gasteiger partial charge in [-0.15, -0.1) is 0 Å². The minimum atomic E-state index is -0.453. The molecule has 0 amide bonds. The first kappa shape index (κ1) is 39.6. The number of rotatable bonds is 16. The summed E-state index contributed by atoms with van der Waals surface area (Å²) in [5, 5.41) is -0.905. The SMILES string of the molecule is CCCCC(C)(Oc1cc(C)ccc1C)POc1c(-c2ccc3c(c2OPC(C)(CCC)Oc2cc(C)ccc2C)CCCC3)ccc2c1CCCC2. The summed E-state index contributed by atoms with van der Waals surface area (Å²) in [5.41, 5.74) is 12.6. The van der Waals surface area contributed by atoms with Gasteiger partial charge in [-0.2, -0.15) is 0 Å². The van der Waals surface area contributed by atoms with Crippen LogP contribution in [-0.4, -0.2) is 10.7 Å². The van der Waals surface area contributed by atoms with E-state index in [1.165, 1.54) is 59.1 Å². The number of benzene rings is 4. The van der Waals surface area contributed by atoms with Crippen molar-refractivity contribution in [2.24, 2.45) is 0 Å². The number of hydrogen-bond acceptors (Lipinski definition) is 4. The predicted molar refractivity (Wildman–Crippen MR) is 227 cm³/mol. The third-order valence-electron chi connectivity index (χ3n) is 11.1. The lowest BCUT2D eigenvalue weighted by atomic mass is 9.85. The van der Waals surface area contributed by atoms with E-state index in [0.29, 0.717) is 0 Å². The zero-order valence-electron chi connectivity index (χ0n) is 33.6. The standard InChI is InChI=1S/C47H62O4P2/c1-9-11-29-47(8,49-43-31-33(4)21-23-35(43)6)53-51-45-39-19-15-13-17-37(39)25-27-41(45)40-26-24-36-16-12-14-18-38(36)44(40)50-52-46(7,28-10-2)48-42-30-32(3)20-22-34(42)5/h20-27,30-31,52-53H,9-19,28-29H2,1-8H3. The van der Waals surface area contributed by atoms with Crippen molar-refractivity contribution < 1.29 is 18.5 Å². The van der Waals surface area contributed by atoms with Gasteiger partial charge in [0.15, 0.2) is 10.7 Å². The number of aryl methyl sites for hydroxylation is 6. The van der Waals surface area contributed by atoms with Crippen LogP contribution in [0, 0.1) is 27.7 Å². The maximum absolute atomic E-state index is 7.21. The van der Waals surface area contributed by atoms with Crippen molar-refractivity contribution >= 4 is 17.6 Å². The summed E-state index contributed by atoms with van der Waals surface area (Å²) < 4.78 is 28.2. The van der Waals surface area contributed by atoms with Gasteiger partial charge in [-0.05, 0) is 169 Å². The molecule has 4 nitrogen and oxygen atoms in total. The van der Waals surface area contributed by atoms with Crippen molar-refractivity contribution in [2.45, 2.75) is 150 Å². The van der Waals surface area contributed by atoms with Crippen LogP contribution < -0.4 is 18.5 Å². The second kappa shape index (κ2) is 17.6. The largest absolute Gasteiger partial charge is 0.480 e. The highest BCUT2D eigenvalue weighted by Crippen LogP contribution is 2.51. The van der Waals surface area contributed by atoms with Crippen molar-refractivity contribution in [1.29, 1.82) is 0 Å². The third kappa shape index (κ3) is 9.61. The molecule has 0 heterocycles. The van der Waals surface area contributed by atoms with Crippen LogP contribution in [0.15, 0.2) is 60.7 Å². The van der Waals surface area contributed by atoms with Crippen LogP contribution in [0.2, 0.25) is 0 Å². The molecule has 53 heavy (non-hydrogen) atoms. The minimum Gasteiger partial charge on any atom is -0.480 e. The van der Waals surface area contributed by atoms with Gasteiger partial charge in [-0.3, -0.25) is 0 Å². The van der Waals surface area contributed by atoms with Crippen LogP contribution in [0.5, 0.6) is 23.0 Å². The molecule has 0 radical (unpaired) electrons. The molecule has 4 unspecified atom stereocenters. The zero-order valence-corrected chi connectivity index (χ0v) is 35.6. The van der Waals surface area contributed by atoms with Gasteiger partial charge in [0.25, 0.3) is 0 Å². The first-order valence-electron chi connectivity index (χ1n) is 20.2. The Labute approximate surface area is 323 Å². The Bertz CT molecular complexity index is 1890. The Balaban J connectivity index is 1.39. The van der Waals surface area contributed by atoms with E-state index in [9.17, 15) is 0 Å². The number of hydrogen-bond donors (Lipinski definition) is 0. The van der Waals surface area contributed by atoms with Gasteiger partial charge in [0.2, 0.25) is 0 Å². The van der Waals surface area contributed by atoms with E-state index >= 15 is 0 Å². The lowest BCUT2D eigenvalue weighted by molar-refractivity contribution is 0.159. The lowest BCUT2D eigenvalue weighted by Crippen LogP contribution is -2.28. The van der Waals surface area contributed by atoms with Crippen molar-refractivity contribution in [3.63, 3.8) is 0 Å². The lowest BCUT2D eigenvalue weighted by Gasteiger charge is -2.33. The van der Waals surface area contributed by atoms with E-state index < -0.39 is 10.7 Å².